The van der Waals surface area contributed by atoms with Crippen LogP contribution in [-0.2, 0) is 4.74 Å². The molecule has 1 aromatic heterocycles. The molecule has 110 valence electrons. The number of ether oxygens (including phenoxy) is 2. The van der Waals surface area contributed by atoms with Crippen LogP contribution in [0.5, 0.6) is 5.88 Å². The van der Waals surface area contributed by atoms with E-state index in [4.69, 9.17) is 9.47 Å². The van der Waals surface area contributed by atoms with E-state index in [1.54, 1.807) is 12.1 Å². The molecule has 0 aliphatic heterocycles. The molecular formula is C17H19NO3. The van der Waals surface area contributed by atoms with Gasteiger partial charge in [0.2, 0.25) is 5.88 Å². The Hall–Kier alpha value is -2.36. The van der Waals surface area contributed by atoms with E-state index >= 15 is 0 Å². The molecule has 2 aromatic rings. The number of carbonyl (C=O) groups excluding carboxylic acids is 1. The van der Waals surface area contributed by atoms with Crippen molar-refractivity contribution in [3.05, 3.63) is 48.0 Å². The van der Waals surface area contributed by atoms with Crippen molar-refractivity contribution in [3.8, 4) is 17.1 Å². The van der Waals surface area contributed by atoms with Crippen LogP contribution < -0.4 is 4.74 Å². The number of hydrogen-bond acceptors (Lipinski definition) is 4. The Labute approximate surface area is 124 Å². The molecule has 0 saturated carbocycles. The van der Waals surface area contributed by atoms with Gasteiger partial charge in [0.25, 0.3) is 0 Å². The highest BCUT2D eigenvalue weighted by Gasteiger charge is 2.21. The first kappa shape index (κ1) is 15.0. The topological polar surface area (TPSA) is 48.4 Å². The molecule has 0 amide bonds. The molecule has 0 aliphatic carbocycles. The summed E-state index contributed by atoms with van der Waals surface area (Å²) in [4.78, 5) is 16.3. The first-order valence-corrected chi connectivity index (χ1v) is 6.74. The summed E-state index contributed by atoms with van der Waals surface area (Å²) >= 11 is 0. The fourth-order valence-electron chi connectivity index (χ4n) is 1.84. The quantitative estimate of drug-likeness (QED) is 0.807. The first-order chi connectivity index (χ1) is 9.90. The predicted octanol–water partition coefficient (Wildman–Crippen LogP) is 3.71. The maximum atomic E-state index is 11.8. The first-order valence-electron chi connectivity index (χ1n) is 6.74. The molecule has 0 aliphatic rings. The number of benzene rings is 1. The summed E-state index contributed by atoms with van der Waals surface area (Å²) < 4.78 is 10.6. The molecule has 0 atom stereocenters. The molecule has 0 radical (unpaired) electrons. The number of aromatic nitrogens is 1. The summed E-state index contributed by atoms with van der Waals surface area (Å²) in [6.07, 6.45) is 0. The van der Waals surface area contributed by atoms with E-state index in [0.717, 1.165) is 11.3 Å². The van der Waals surface area contributed by atoms with Crippen LogP contribution in [0.1, 0.15) is 31.1 Å². The summed E-state index contributed by atoms with van der Waals surface area (Å²) in [6.45, 7) is 5.72. The highest BCUT2D eigenvalue weighted by molar-refractivity contribution is 5.92. The Kier molecular flexibility index (Phi) is 4.26. The van der Waals surface area contributed by atoms with Gasteiger partial charge in [0.15, 0.2) is 0 Å². The Morgan fingerprint density at radius 2 is 1.71 bits per heavy atom. The van der Waals surface area contributed by atoms with E-state index in [-0.39, 0.29) is 5.88 Å². The number of nitrogens with zero attached hydrogens (tertiary/aromatic N) is 1. The van der Waals surface area contributed by atoms with Gasteiger partial charge in [-0.05, 0) is 32.9 Å². The smallest absolute Gasteiger partial charge is 0.343 e. The molecule has 0 fully saturated rings. The number of pyridine rings is 1. The fraction of sp³-hybridized carbons (Fsp3) is 0.294. The average molecular weight is 285 g/mol. The third kappa shape index (κ3) is 3.81. The molecule has 0 saturated heterocycles. The zero-order chi connectivity index (χ0) is 15.5. The van der Waals surface area contributed by atoms with Gasteiger partial charge >= 0.3 is 5.97 Å². The van der Waals surface area contributed by atoms with Crippen molar-refractivity contribution in [2.24, 2.45) is 0 Å². The van der Waals surface area contributed by atoms with Gasteiger partial charge < -0.3 is 9.47 Å². The van der Waals surface area contributed by atoms with Gasteiger partial charge in [-0.15, -0.1) is 0 Å². The van der Waals surface area contributed by atoms with Crippen LogP contribution in [0.2, 0.25) is 0 Å². The van der Waals surface area contributed by atoms with E-state index in [0.29, 0.717) is 5.56 Å². The van der Waals surface area contributed by atoms with E-state index in [9.17, 15) is 4.79 Å². The largest absolute Gasteiger partial charge is 0.471 e. The minimum absolute atomic E-state index is 0.288. The van der Waals surface area contributed by atoms with Crippen molar-refractivity contribution in [1.29, 1.82) is 0 Å². The van der Waals surface area contributed by atoms with Crippen molar-refractivity contribution in [3.63, 3.8) is 0 Å². The summed E-state index contributed by atoms with van der Waals surface area (Å²) in [5.74, 6) is -0.169. The van der Waals surface area contributed by atoms with Crippen LogP contribution in [0.25, 0.3) is 11.3 Å². The molecule has 0 bridgehead atoms. The molecule has 4 nitrogen and oxygen atoms in total. The van der Waals surface area contributed by atoms with Crippen LogP contribution >= 0.6 is 0 Å². The maximum absolute atomic E-state index is 11.8. The van der Waals surface area contributed by atoms with Gasteiger partial charge in [0.1, 0.15) is 11.2 Å². The fourth-order valence-corrected chi connectivity index (χ4v) is 1.84. The number of methoxy groups -OCH3 is 1. The molecule has 0 unspecified atom stereocenters. The molecule has 2 rings (SSSR count). The van der Waals surface area contributed by atoms with Gasteiger partial charge in [-0.1, -0.05) is 30.3 Å². The Morgan fingerprint density at radius 3 is 2.29 bits per heavy atom. The molecule has 1 heterocycles. The minimum atomic E-state index is -0.457. The number of rotatable bonds is 3. The Morgan fingerprint density at radius 1 is 1.05 bits per heavy atom. The molecule has 0 N–H and O–H groups in total. The molecule has 21 heavy (non-hydrogen) atoms. The van der Waals surface area contributed by atoms with Crippen molar-refractivity contribution < 1.29 is 14.3 Å². The minimum Gasteiger partial charge on any atom is -0.471 e. The number of carbonyl (C=O) groups is 1. The highest BCUT2D eigenvalue weighted by atomic mass is 16.5. The predicted molar refractivity (Wildman–Crippen MR) is 81.4 cm³/mol. The van der Waals surface area contributed by atoms with Crippen LogP contribution in [0.4, 0.5) is 0 Å². The Balaban J connectivity index is 2.48. The molecule has 1 aromatic carbocycles. The lowest BCUT2D eigenvalue weighted by Crippen LogP contribution is -2.25. The molecule has 0 spiro atoms. The summed E-state index contributed by atoms with van der Waals surface area (Å²) in [6, 6.07) is 13.2. The number of esters is 1. The van der Waals surface area contributed by atoms with E-state index in [1.807, 2.05) is 51.1 Å². The van der Waals surface area contributed by atoms with E-state index in [1.165, 1.54) is 7.11 Å². The summed E-state index contributed by atoms with van der Waals surface area (Å²) in [5.41, 5.74) is 1.59. The van der Waals surface area contributed by atoms with Crippen LogP contribution in [0, 0.1) is 0 Å². The standard InChI is InChI=1S/C17H19NO3/c1-17(2,3)21-15-13(16(19)20-4)10-11-14(18-15)12-8-6-5-7-9-12/h5-11H,1-4H3. The second kappa shape index (κ2) is 5.95. The van der Waals surface area contributed by atoms with Crippen LogP contribution in [0.15, 0.2) is 42.5 Å². The normalized spacial score (nSPS) is 11.0. The lowest BCUT2D eigenvalue weighted by Gasteiger charge is -2.22. The maximum Gasteiger partial charge on any atom is 0.343 e. The van der Waals surface area contributed by atoms with Crippen molar-refractivity contribution in [2.75, 3.05) is 7.11 Å². The monoisotopic (exact) mass is 285 g/mol. The lowest BCUT2D eigenvalue weighted by molar-refractivity contribution is 0.0583. The zero-order valence-corrected chi connectivity index (χ0v) is 12.7. The van der Waals surface area contributed by atoms with Gasteiger partial charge in [-0.3, -0.25) is 0 Å². The van der Waals surface area contributed by atoms with Crippen LogP contribution in [-0.4, -0.2) is 23.7 Å². The second-order valence-electron chi connectivity index (χ2n) is 5.62. The van der Waals surface area contributed by atoms with Gasteiger partial charge in [0, 0.05) is 5.56 Å². The third-order valence-electron chi connectivity index (χ3n) is 2.74. The van der Waals surface area contributed by atoms with Crippen molar-refractivity contribution in [2.45, 2.75) is 26.4 Å². The highest BCUT2D eigenvalue weighted by Crippen LogP contribution is 2.26. The lowest BCUT2D eigenvalue weighted by atomic mass is 10.1. The van der Waals surface area contributed by atoms with E-state index < -0.39 is 11.6 Å². The summed E-state index contributed by atoms with van der Waals surface area (Å²) in [7, 11) is 1.34. The van der Waals surface area contributed by atoms with Crippen molar-refractivity contribution in [1.82, 2.24) is 4.98 Å². The van der Waals surface area contributed by atoms with E-state index in [2.05, 4.69) is 4.98 Å². The Bertz CT molecular complexity index is 630. The third-order valence-corrected chi connectivity index (χ3v) is 2.74. The van der Waals surface area contributed by atoms with Gasteiger partial charge in [-0.2, -0.15) is 0 Å². The molecule has 4 heteroatoms. The second-order valence-corrected chi connectivity index (χ2v) is 5.62. The zero-order valence-electron chi connectivity index (χ0n) is 12.7. The SMILES string of the molecule is COC(=O)c1ccc(-c2ccccc2)nc1OC(C)(C)C. The van der Waals surface area contributed by atoms with Crippen molar-refractivity contribution >= 4 is 5.97 Å². The van der Waals surface area contributed by atoms with Crippen LogP contribution in [0.3, 0.4) is 0 Å². The summed E-state index contributed by atoms with van der Waals surface area (Å²) in [5, 5.41) is 0. The van der Waals surface area contributed by atoms with Gasteiger partial charge in [-0.25, -0.2) is 9.78 Å². The average Bonchev–Trinajstić information content (AvgIpc) is 2.45. The number of hydrogen-bond donors (Lipinski definition) is 0. The van der Waals surface area contributed by atoms with Gasteiger partial charge in [0.05, 0.1) is 12.8 Å². The molecular weight excluding hydrogens is 266 g/mol.